The van der Waals surface area contributed by atoms with Crippen LogP contribution in [0.2, 0.25) is 5.02 Å². The highest BCUT2D eigenvalue weighted by Gasteiger charge is 2.13. The van der Waals surface area contributed by atoms with E-state index in [0.29, 0.717) is 34.5 Å². The summed E-state index contributed by atoms with van der Waals surface area (Å²) in [7, 11) is 4.63. The lowest BCUT2D eigenvalue weighted by atomic mass is 10.1. The van der Waals surface area contributed by atoms with Gasteiger partial charge in [-0.2, -0.15) is 0 Å². The van der Waals surface area contributed by atoms with E-state index >= 15 is 0 Å². The molecule has 0 atom stereocenters. The van der Waals surface area contributed by atoms with Gasteiger partial charge in [-0.3, -0.25) is 0 Å². The van der Waals surface area contributed by atoms with Gasteiger partial charge < -0.3 is 24.8 Å². The fourth-order valence-electron chi connectivity index (χ4n) is 2.32. The molecule has 25 heavy (non-hydrogen) atoms. The molecule has 134 valence electrons. The van der Waals surface area contributed by atoms with E-state index in [1.165, 1.54) is 0 Å². The Morgan fingerprint density at radius 1 is 1.04 bits per heavy atom. The van der Waals surface area contributed by atoms with Crippen LogP contribution in [0.5, 0.6) is 17.2 Å². The third kappa shape index (κ3) is 4.70. The smallest absolute Gasteiger partial charge is 0.319 e. The fraction of sp³-hybridized carbons (Fsp3) is 0.278. The summed E-state index contributed by atoms with van der Waals surface area (Å²) in [6.07, 6.45) is 0. The first kappa shape index (κ1) is 18.7. The molecule has 0 fully saturated rings. The van der Waals surface area contributed by atoms with Crippen molar-refractivity contribution in [2.75, 3.05) is 26.6 Å². The number of carbonyl (C=O) groups excluding carboxylic acids is 1. The summed E-state index contributed by atoms with van der Waals surface area (Å²) in [5.74, 6) is 1.57. The van der Waals surface area contributed by atoms with Crippen LogP contribution in [0.4, 0.5) is 10.5 Å². The quantitative estimate of drug-likeness (QED) is 0.813. The van der Waals surface area contributed by atoms with Gasteiger partial charge in [0.05, 0.1) is 21.3 Å². The van der Waals surface area contributed by atoms with E-state index in [2.05, 4.69) is 10.6 Å². The number of hydrogen-bond donors (Lipinski definition) is 2. The number of anilines is 1. The molecule has 0 unspecified atom stereocenters. The Labute approximate surface area is 152 Å². The normalized spacial score (nSPS) is 10.1. The van der Waals surface area contributed by atoms with E-state index in [1.54, 1.807) is 45.6 Å². The van der Waals surface area contributed by atoms with Crippen LogP contribution in [-0.4, -0.2) is 27.4 Å². The van der Waals surface area contributed by atoms with Crippen LogP contribution < -0.4 is 24.8 Å². The van der Waals surface area contributed by atoms with Crippen LogP contribution in [0, 0.1) is 6.92 Å². The van der Waals surface area contributed by atoms with Gasteiger partial charge in [0.25, 0.3) is 0 Å². The fourth-order valence-corrected chi connectivity index (χ4v) is 2.49. The first-order valence-corrected chi connectivity index (χ1v) is 7.96. The van der Waals surface area contributed by atoms with Crippen LogP contribution in [0.15, 0.2) is 30.3 Å². The van der Waals surface area contributed by atoms with Gasteiger partial charge in [0.1, 0.15) is 0 Å². The van der Waals surface area contributed by atoms with Crippen LogP contribution in [-0.2, 0) is 6.54 Å². The van der Waals surface area contributed by atoms with Crippen LogP contribution >= 0.6 is 11.6 Å². The van der Waals surface area contributed by atoms with Gasteiger partial charge in [0.2, 0.25) is 5.75 Å². The molecule has 0 aliphatic heterocycles. The zero-order valence-corrected chi connectivity index (χ0v) is 15.4. The molecule has 0 bridgehead atoms. The Hall–Kier alpha value is -2.60. The lowest BCUT2D eigenvalue weighted by molar-refractivity contribution is 0.251. The molecule has 7 heteroatoms. The lowest BCUT2D eigenvalue weighted by Crippen LogP contribution is -2.28. The average Bonchev–Trinajstić information content (AvgIpc) is 2.61. The molecule has 2 amide bonds. The van der Waals surface area contributed by atoms with Crippen molar-refractivity contribution in [3.63, 3.8) is 0 Å². The summed E-state index contributed by atoms with van der Waals surface area (Å²) in [5, 5.41) is 6.13. The SMILES string of the molecule is COc1cc(CNC(=O)Nc2cc(Cl)ccc2C)cc(OC)c1OC. The summed E-state index contributed by atoms with van der Waals surface area (Å²) in [5.41, 5.74) is 2.40. The number of benzene rings is 2. The second-order valence-corrected chi connectivity index (χ2v) is 5.74. The number of rotatable bonds is 6. The van der Waals surface area contributed by atoms with Crippen molar-refractivity contribution in [3.8, 4) is 17.2 Å². The van der Waals surface area contributed by atoms with Gasteiger partial charge in [-0.05, 0) is 42.3 Å². The van der Waals surface area contributed by atoms with Crippen molar-refractivity contribution in [2.24, 2.45) is 0 Å². The number of methoxy groups -OCH3 is 3. The highest BCUT2D eigenvalue weighted by Crippen LogP contribution is 2.38. The van der Waals surface area contributed by atoms with Gasteiger partial charge in [-0.25, -0.2) is 4.79 Å². The Balaban J connectivity index is 2.07. The molecular formula is C18H21ClN2O4. The van der Waals surface area contributed by atoms with Crippen LogP contribution in [0.25, 0.3) is 0 Å². The largest absolute Gasteiger partial charge is 0.493 e. The van der Waals surface area contributed by atoms with Crippen molar-refractivity contribution < 1.29 is 19.0 Å². The van der Waals surface area contributed by atoms with Crippen LogP contribution in [0.3, 0.4) is 0 Å². The number of amides is 2. The van der Waals surface area contributed by atoms with E-state index in [9.17, 15) is 4.79 Å². The molecule has 0 aromatic heterocycles. The van der Waals surface area contributed by atoms with Gasteiger partial charge in [-0.15, -0.1) is 0 Å². The standard InChI is InChI=1S/C18H21ClN2O4/c1-11-5-6-13(19)9-14(11)21-18(22)20-10-12-7-15(23-2)17(25-4)16(8-12)24-3/h5-9H,10H2,1-4H3,(H2,20,21,22). The first-order chi connectivity index (χ1) is 12.0. The second kappa shape index (κ2) is 8.48. The number of ether oxygens (including phenoxy) is 3. The Bertz CT molecular complexity index is 740. The van der Waals surface area contributed by atoms with E-state index < -0.39 is 0 Å². The predicted molar refractivity (Wildman–Crippen MR) is 98.1 cm³/mol. The van der Waals surface area contributed by atoms with Crippen molar-refractivity contribution in [1.29, 1.82) is 0 Å². The van der Waals surface area contributed by atoms with Gasteiger partial charge in [-0.1, -0.05) is 17.7 Å². The maximum atomic E-state index is 12.1. The van der Waals surface area contributed by atoms with Crippen molar-refractivity contribution in [2.45, 2.75) is 13.5 Å². The first-order valence-electron chi connectivity index (χ1n) is 7.58. The average molecular weight is 365 g/mol. The molecule has 0 aliphatic carbocycles. The molecule has 0 radical (unpaired) electrons. The lowest BCUT2D eigenvalue weighted by Gasteiger charge is -2.15. The van der Waals surface area contributed by atoms with E-state index in [0.717, 1.165) is 11.1 Å². The second-order valence-electron chi connectivity index (χ2n) is 5.30. The molecule has 6 nitrogen and oxygen atoms in total. The number of urea groups is 1. The summed E-state index contributed by atoms with van der Waals surface area (Å²) in [6.45, 7) is 2.19. The van der Waals surface area contributed by atoms with Gasteiger partial charge in [0.15, 0.2) is 11.5 Å². The minimum Gasteiger partial charge on any atom is -0.493 e. The molecule has 2 rings (SSSR count). The van der Waals surface area contributed by atoms with Crippen LogP contribution in [0.1, 0.15) is 11.1 Å². The van der Waals surface area contributed by atoms with Crippen molar-refractivity contribution in [1.82, 2.24) is 5.32 Å². The predicted octanol–water partition coefficient (Wildman–Crippen LogP) is 4.00. The summed E-state index contributed by atoms with van der Waals surface area (Å²) in [6, 6.07) is 8.56. The number of aryl methyl sites for hydroxylation is 1. The molecule has 0 aliphatic rings. The molecule has 2 N–H and O–H groups in total. The minimum absolute atomic E-state index is 0.294. The molecule has 0 spiro atoms. The summed E-state index contributed by atoms with van der Waals surface area (Å²) >= 11 is 5.96. The van der Waals surface area contributed by atoms with Crippen molar-refractivity contribution >= 4 is 23.3 Å². The Morgan fingerprint density at radius 2 is 1.68 bits per heavy atom. The molecule has 0 heterocycles. The molecule has 0 saturated heterocycles. The third-order valence-electron chi connectivity index (χ3n) is 3.63. The monoisotopic (exact) mass is 364 g/mol. The maximum absolute atomic E-state index is 12.1. The molecular weight excluding hydrogens is 344 g/mol. The maximum Gasteiger partial charge on any atom is 0.319 e. The summed E-state index contributed by atoms with van der Waals surface area (Å²) < 4.78 is 15.9. The van der Waals surface area contributed by atoms with E-state index in [4.69, 9.17) is 25.8 Å². The minimum atomic E-state index is -0.334. The van der Waals surface area contributed by atoms with E-state index in [-0.39, 0.29) is 6.03 Å². The van der Waals surface area contributed by atoms with E-state index in [1.807, 2.05) is 13.0 Å². The summed E-state index contributed by atoms with van der Waals surface area (Å²) in [4.78, 5) is 12.1. The number of nitrogens with one attached hydrogen (secondary N) is 2. The Kier molecular flexibility index (Phi) is 6.36. The molecule has 2 aromatic carbocycles. The topological polar surface area (TPSA) is 68.8 Å². The zero-order chi connectivity index (χ0) is 18.4. The number of hydrogen-bond acceptors (Lipinski definition) is 4. The highest BCUT2D eigenvalue weighted by atomic mass is 35.5. The zero-order valence-electron chi connectivity index (χ0n) is 14.6. The van der Waals surface area contributed by atoms with Gasteiger partial charge in [0, 0.05) is 17.3 Å². The third-order valence-corrected chi connectivity index (χ3v) is 3.86. The number of carbonyl (C=O) groups is 1. The Morgan fingerprint density at radius 3 is 2.24 bits per heavy atom. The number of halogens is 1. The highest BCUT2D eigenvalue weighted by molar-refractivity contribution is 6.31. The van der Waals surface area contributed by atoms with Crippen molar-refractivity contribution in [3.05, 3.63) is 46.5 Å². The molecule has 0 saturated carbocycles. The van der Waals surface area contributed by atoms with Gasteiger partial charge >= 0.3 is 6.03 Å². The molecule has 2 aromatic rings.